The molecule has 2 aromatic carbocycles. The molecule has 3 aromatic rings. The molecular formula is C22H20N4O2. The van der Waals surface area contributed by atoms with Gasteiger partial charge in [-0.05, 0) is 12.1 Å². The van der Waals surface area contributed by atoms with E-state index in [0.717, 1.165) is 5.69 Å². The van der Waals surface area contributed by atoms with Crippen LogP contribution in [-0.2, 0) is 4.74 Å². The van der Waals surface area contributed by atoms with Crippen LogP contribution in [0.2, 0.25) is 0 Å². The van der Waals surface area contributed by atoms with Gasteiger partial charge >= 0.3 is 0 Å². The number of nitrogen functional groups attached to an aromatic ring is 1. The highest BCUT2D eigenvalue weighted by Gasteiger charge is 2.30. The average molecular weight is 372 g/mol. The van der Waals surface area contributed by atoms with Crippen molar-refractivity contribution in [3.05, 3.63) is 77.5 Å². The van der Waals surface area contributed by atoms with Gasteiger partial charge in [-0.3, -0.25) is 9.36 Å². The monoisotopic (exact) mass is 372 g/mol. The van der Waals surface area contributed by atoms with Crippen LogP contribution in [0.3, 0.4) is 0 Å². The molecule has 1 fully saturated rings. The van der Waals surface area contributed by atoms with Crippen LogP contribution < -0.4 is 10.6 Å². The Kier molecular flexibility index (Phi) is 4.83. The van der Waals surface area contributed by atoms with E-state index in [9.17, 15) is 10.1 Å². The minimum atomic E-state index is -0.210. The van der Waals surface area contributed by atoms with Crippen molar-refractivity contribution in [1.29, 1.82) is 5.26 Å². The number of morpholine rings is 1. The van der Waals surface area contributed by atoms with Gasteiger partial charge in [-0.2, -0.15) is 5.26 Å². The minimum Gasteiger partial charge on any atom is -0.396 e. The summed E-state index contributed by atoms with van der Waals surface area (Å²) in [4.78, 5) is 15.4. The molecule has 0 saturated carbocycles. The lowest BCUT2D eigenvalue weighted by Crippen LogP contribution is -2.38. The molecule has 0 radical (unpaired) electrons. The molecule has 1 aliphatic rings. The number of nitrogens with zero attached hydrogens (tertiary/aromatic N) is 3. The largest absolute Gasteiger partial charge is 0.396 e. The number of rotatable bonds is 4. The minimum absolute atomic E-state index is 0.210. The van der Waals surface area contributed by atoms with Crippen molar-refractivity contribution in [3.63, 3.8) is 0 Å². The molecule has 4 rings (SSSR count). The lowest BCUT2D eigenvalue weighted by molar-refractivity contribution is 0.103. The van der Waals surface area contributed by atoms with Gasteiger partial charge in [0.1, 0.15) is 23.1 Å². The molecule has 0 aliphatic carbocycles. The van der Waals surface area contributed by atoms with Crippen LogP contribution in [0, 0.1) is 11.3 Å². The summed E-state index contributed by atoms with van der Waals surface area (Å²) in [7, 11) is 0. The molecule has 1 aromatic heterocycles. The number of benzene rings is 2. The van der Waals surface area contributed by atoms with Crippen molar-refractivity contribution in [3.8, 4) is 11.8 Å². The van der Waals surface area contributed by atoms with Crippen LogP contribution in [-0.4, -0.2) is 36.7 Å². The molecule has 140 valence electrons. The lowest BCUT2D eigenvalue weighted by Gasteiger charge is -2.30. The number of aromatic nitrogens is 1. The summed E-state index contributed by atoms with van der Waals surface area (Å²) in [6.07, 6.45) is 0. The Balaban J connectivity index is 1.99. The lowest BCUT2D eigenvalue weighted by atomic mass is 10.1. The van der Waals surface area contributed by atoms with Crippen molar-refractivity contribution in [2.75, 3.05) is 36.9 Å². The van der Waals surface area contributed by atoms with Crippen LogP contribution in [0.15, 0.2) is 60.7 Å². The molecule has 2 N–H and O–H groups in total. The Morgan fingerprint density at radius 2 is 1.61 bits per heavy atom. The number of hydrogen-bond donors (Lipinski definition) is 1. The first-order valence-corrected chi connectivity index (χ1v) is 9.14. The van der Waals surface area contributed by atoms with Gasteiger partial charge < -0.3 is 15.4 Å². The zero-order valence-electron chi connectivity index (χ0n) is 15.3. The van der Waals surface area contributed by atoms with Crippen LogP contribution >= 0.6 is 0 Å². The Bertz CT molecular complexity index is 1030. The van der Waals surface area contributed by atoms with Gasteiger partial charge in [0.25, 0.3) is 0 Å². The maximum Gasteiger partial charge on any atom is 0.211 e. The molecule has 0 bridgehead atoms. The highest BCUT2D eigenvalue weighted by molar-refractivity contribution is 6.13. The third-order valence-electron chi connectivity index (χ3n) is 4.87. The zero-order chi connectivity index (χ0) is 19.5. The SMILES string of the molecule is N#Cc1c(N)c(C(=O)c2ccccc2)n(-c2ccccc2)c1N1CCOCC1. The van der Waals surface area contributed by atoms with E-state index in [2.05, 4.69) is 11.0 Å². The average Bonchev–Trinajstić information content (AvgIpc) is 3.07. The molecule has 2 heterocycles. The van der Waals surface area contributed by atoms with Gasteiger partial charge in [0.2, 0.25) is 5.78 Å². The first kappa shape index (κ1) is 17.8. The maximum absolute atomic E-state index is 13.4. The normalized spacial score (nSPS) is 13.9. The molecule has 6 heteroatoms. The number of carbonyl (C=O) groups is 1. The number of nitrogens with two attached hydrogens (primary N) is 1. The van der Waals surface area contributed by atoms with Crippen LogP contribution in [0.5, 0.6) is 0 Å². The predicted octanol–water partition coefficient (Wildman–Crippen LogP) is 3.00. The van der Waals surface area contributed by atoms with Gasteiger partial charge in [-0.25, -0.2) is 0 Å². The van der Waals surface area contributed by atoms with Crippen molar-refractivity contribution < 1.29 is 9.53 Å². The molecule has 0 amide bonds. The molecule has 1 aliphatic heterocycles. The second-order valence-corrected chi connectivity index (χ2v) is 6.54. The maximum atomic E-state index is 13.4. The summed E-state index contributed by atoms with van der Waals surface area (Å²) in [6.45, 7) is 2.38. The zero-order valence-corrected chi connectivity index (χ0v) is 15.3. The fraction of sp³-hybridized carbons (Fsp3) is 0.182. The van der Waals surface area contributed by atoms with E-state index in [1.807, 2.05) is 53.1 Å². The number of hydrogen-bond acceptors (Lipinski definition) is 5. The second-order valence-electron chi connectivity index (χ2n) is 6.54. The van der Waals surface area contributed by atoms with E-state index in [0.29, 0.717) is 48.9 Å². The fourth-order valence-electron chi connectivity index (χ4n) is 3.54. The Morgan fingerprint density at radius 3 is 2.21 bits per heavy atom. The number of anilines is 2. The highest BCUT2D eigenvalue weighted by atomic mass is 16.5. The Labute approximate surface area is 163 Å². The van der Waals surface area contributed by atoms with E-state index >= 15 is 0 Å². The number of para-hydroxylation sites is 1. The number of carbonyl (C=O) groups excluding carboxylic acids is 1. The molecule has 0 spiro atoms. The summed E-state index contributed by atoms with van der Waals surface area (Å²) in [6, 6.07) is 20.7. The molecule has 1 saturated heterocycles. The van der Waals surface area contributed by atoms with Crippen LogP contribution in [0.25, 0.3) is 5.69 Å². The van der Waals surface area contributed by atoms with E-state index < -0.39 is 0 Å². The van der Waals surface area contributed by atoms with Crippen molar-refractivity contribution in [1.82, 2.24) is 4.57 Å². The summed E-state index contributed by atoms with van der Waals surface area (Å²) >= 11 is 0. The summed E-state index contributed by atoms with van der Waals surface area (Å²) in [5.74, 6) is 0.437. The third-order valence-corrected chi connectivity index (χ3v) is 4.87. The topological polar surface area (TPSA) is 84.3 Å². The quantitative estimate of drug-likeness (QED) is 0.712. The van der Waals surface area contributed by atoms with E-state index in [-0.39, 0.29) is 11.5 Å². The van der Waals surface area contributed by atoms with Gasteiger partial charge in [-0.15, -0.1) is 0 Å². The van der Waals surface area contributed by atoms with Gasteiger partial charge in [0.05, 0.1) is 18.9 Å². The van der Waals surface area contributed by atoms with Crippen molar-refractivity contribution in [2.24, 2.45) is 0 Å². The van der Waals surface area contributed by atoms with Gasteiger partial charge in [0.15, 0.2) is 0 Å². The molecule has 0 atom stereocenters. The highest BCUT2D eigenvalue weighted by Crippen LogP contribution is 2.37. The van der Waals surface area contributed by atoms with E-state index in [1.54, 1.807) is 12.1 Å². The molecule has 28 heavy (non-hydrogen) atoms. The second kappa shape index (κ2) is 7.59. The first-order chi connectivity index (χ1) is 13.7. The van der Waals surface area contributed by atoms with Crippen LogP contribution in [0.4, 0.5) is 11.5 Å². The summed E-state index contributed by atoms with van der Waals surface area (Å²) in [5.41, 5.74) is 8.54. The number of ketones is 1. The first-order valence-electron chi connectivity index (χ1n) is 9.14. The molecular weight excluding hydrogens is 352 g/mol. The standard InChI is InChI=1S/C22H20N4O2/c23-15-18-19(24)20(21(27)16-7-3-1-4-8-16)26(17-9-5-2-6-10-17)22(18)25-11-13-28-14-12-25/h1-10H,11-14,24H2. The van der Waals surface area contributed by atoms with Crippen LogP contribution in [0.1, 0.15) is 21.6 Å². The summed E-state index contributed by atoms with van der Waals surface area (Å²) in [5, 5.41) is 9.85. The Hall–Kier alpha value is -3.56. The van der Waals surface area contributed by atoms with Crippen molar-refractivity contribution >= 4 is 17.3 Å². The smallest absolute Gasteiger partial charge is 0.211 e. The molecule has 0 unspecified atom stereocenters. The van der Waals surface area contributed by atoms with Gasteiger partial charge in [-0.1, -0.05) is 48.5 Å². The van der Waals surface area contributed by atoms with Crippen molar-refractivity contribution in [2.45, 2.75) is 0 Å². The fourth-order valence-corrected chi connectivity index (χ4v) is 3.54. The third kappa shape index (κ3) is 3.02. The van der Waals surface area contributed by atoms with E-state index in [1.165, 1.54) is 0 Å². The number of ether oxygens (including phenoxy) is 1. The molecule has 6 nitrogen and oxygen atoms in total. The van der Waals surface area contributed by atoms with Gasteiger partial charge in [0, 0.05) is 24.3 Å². The number of nitriles is 1. The Morgan fingerprint density at radius 1 is 1.00 bits per heavy atom. The predicted molar refractivity (Wildman–Crippen MR) is 108 cm³/mol. The summed E-state index contributed by atoms with van der Waals surface area (Å²) < 4.78 is 7.28. The van der Waals surface area contributed by atoms with E-state index in [4.69, 9.17) is 10.5 Å².